The van der Waals surface area contributed by atoms with Crippen LogP contribution in [0.2, 0.25) is 0 Å². The zero-order valence-corrected chi connectivity index (χ0v) is 10.8. The van der Waals surface area contributed by atoms with Crippen molar-refractivity contribution >= 4 is 17.4 Å². The van der Waals surface area contributed by atoms with Crippen LogP contribution in [0.1, 0.15) is 5.56 Å². The molecule has 0 saturated heterocycles. The molecular formula is C14H15FN4O. The number of pyridine rings is 1. The van der Waals surface area contributed by atoms with Crippen LogP contribution in [0.25, 0.3) is 0 Å². The number of aromatic nitrogens is 1. The van der Waals surface area contributed by atoms with Gasteiger partial charge in [-0.25, -0.2) is 9.37 Å². The van der Waals surface area contributed by atoms with Crippen molar-refractivity contribution in [3.63, 3.8) is 0 Å². The molecule has 0 aliphatic carbocycles. The zero-order valence-electron chi connectivity index (χ0n) is 10.8. The third-order valence-corrected chi connectivity index (χ3v) is 2.74. The summed E-state index contributed by atoms with van der Waals surface area (Å²) in [5.74, 6) is -0.422. The number of carbonyl (C=O) groups is 1. The zero-order chi connectivity index (χ0) is 14.5. The van der Waals surface area contributed by atoms with Gasteiger partial charge in [-0.15, -0.1) is 0 Å². The molecule has 4 N–H and O–H groups in total. The van der Waals surface area contributed by atoms with Crippen LogP contribution in [-0.2, 0) is 11.3 Å². The first-order chi connectivity index (χ1) is 9.54. The fraction of sp³-hybridized carbons (Fsp3) is 0.143. The second-order valence-corrected chi connectivity index (χ2v) is 4.40. The summed E-state index contributed by atoms with van der Waals surface area (Å²) < 4.78 is 12.9. The normalized spacial score (nSPS) is 10.2. The molecule has 0 spiro atoms. The lowest BCUT2D eigenvalue weighted by atomic mass is 10.2. The van der Waals surface area contributed by atoms with Crippen molar-refractivity contribution < 1.29 is 9.18 Å². The number of primary amides is 1. The van der Waals surface area contributed by atoms with E-state index in [4.69, 9.17) is 11.5 Å². The van der Waals surface area contributed by atoms with E-state index in [9.17, 15) is 9.18 Å². The van der Waals surface area contributed by atoms with Crippen LogP contribution in [0.3, 0.4) is 0 Å². The predicted molar refractivity (Wildman–Crippen MR) is 75.3 cm³/mol. The third-order valence-electron chi connectivity index (χ3n) is 2.74. The van der Waals surface area contributed by atoms with E-state index < -0.39 is 11.7 Å². The second kappa shape index (κ2) is 6.01. The molecule has 0 unspecified atom stereocenters. The fourth-order valence-corrected chi connectivity index (χ4v) is 1.80. The molecule has 1 heterocycles. The quantitative estimate of drug-likeness (QED) is 0.805. The van der Waals surface area contributed by atoms with Crippen LogP contribution < -0.4 is 16.4 Å². The Bertz CT molecular complexity index is 583. The molecule has 0 fully saturated rings. The minimum Gasteiger partial charge on any atom is -0.399 e. The number of benzene rings is 1. The van der Waals surface area contributed by atoms with E-state index in [2.05, 4.69) is 4.98 Å². The number of rotatable bonds is 5. The van der Waals surface area contributed by atoms with Gasteiger partial charge in [0.05, 0.1) is 12.7 Å². The molecular weight excluding hydrogens is 259 g/mol. The van der Waals surface area contributed by atoms with Crippen LogP contribution >= 0.6 is 0 Å². The Morgan fingerprint density at radius 1 is 1.20 bits per heavy atom. The summed E-state index contributed by atoms with van der Waals surface area (Å²) in [5, 5.41) is 0. The molecule has 104 valence electrons. The summed E-state index contributed by atoms with van der Waals surface area (Å²) >= 11 is 0. The molecule has 0 aliphatic heterocycles. The van der Waals surface area contributed by atoms with E-state index in [1.165, 1.54) is 12.1 Å². The number of hydrogen-bond donors (Lipinski definition) is 2. The summed E-state index contributed by atoms with van der Waals surface area (Å²) in [4.78, 5) is 16.8. The van der Waals surface area contributed by atoms with Crippen molar-refractivity contribution in [2.45, 2.75) is 6.54 Å². The predicted octanol–water partition coefficient (Wildman–Crippen LogP) is 1.29. The lowest BCUT2D eigenvalue weighted by Gasteiger charge is -2.22. The highest BCUT2D eigenvalue weighted by Gasteiger charge is 2.11. The van der Waals surface area contributed by atoms with E-state index in [1.807, 2.05) is 12.1 Å². The van der Waals surface area contributed by atoms with Crippen molar-refractivity contribution in [1.29, 1.82) is 0 Å². The van der Waals surface area contributed by atoms with Gasteiger partial charge in [-0.2, -0.15) is 0 Å². The van der Waals surface area contributed by atoms with Crippen LogP contribution in [-0.4, -0.2) is 17.4 Å². The van der Waals surface area contributed by atoms with E-state index in [-0.39, 0.29) is 6.54 Å². The average Bonchev–Trinajstić information content (AvgIpc) is 2.41. The number of carbonyl (C=O) groups excluding carboxylic acids is 1. The van der Waals surface area contributed by atoms with Crippen LogP contribution in [0, 0.1) is 5.82 Å². The standard InChI is InChI=1S/C14H15FN4O/c15-11-3-6-14(18-7-11)19(9-13(17)20)8-10-1-4-12(16)5-2-10/h1-7H,8-9,16H2,(H2,17,20). The Kier molecular flexibility index (Phi) is 4.14. The largest absolute Gasteiger partial charge is 0.399 e. The molecule has 6 heteroatoms. The SMILES string of the molecule is NC(=O)CN(Cc1ccc(N)cc1)c1ccc(F)cn1. The number of nitrogen functional groups attached to an aromatic ring is 1. The van der Waals surface area contributed by atoms with Gasteiger partial charge in [0.1, 0.15) is 11.6 Å². The first kappa shape index (κ1) is 13.8. The first-order valence-electron chi connectivity index (χ1n) is 6.04. The smallest absolute Gasteiger partial charge is 0.237 e. The Hall–Kier alpha value is -2.63. The molecule has 1 aromatic carbocycles. The first-order valence-corrected chi connectivity index (χ1v) is 6.04. The topological polar surface area (TPSA) is 85.2 Å². The molecule has 0 bridgehead atoms. The molecule has 0 saturated carbocycles. The number of amides is 1. The van der Waals surface area contributed by atoms with Gasteiger partial charge in [-0.1, -0.05) is 12.1 Å². The Morgan fingerprint density at radius 3 is 2.45 bits per heavy atom. The Labute approximate surface area is 116 Å². The highest BCUT2D eigenvalue weighted by molar-refractivity contribution is 5.79. The lowest BCUT2D eigenvalue weighted by molar-refractivity contribution is -0.116. The van der Waals surface area contributed by atoms with Crippen LogP contribution in [0.5, 0.6) is 0 Å². The minimum atomic E-state index is -0.480. The molecule has 0 radical (unpaired) electrons. The van der Waals surface area contributed by atoms with Gasteiger partial charge in [0.2, 0.25) is 5.91 Å². The molecule has 1 amide bonds. The lowest BCUT2D eigenvalue weighted by Crippen LogP contribution is -2.33. The number of anilines is 2. The van der Waals surface area contributed by atoms with Gasteiger partial charge in [0, 0.05) is 12.2 Å². The second-order valence-electron chi connectivity index (χ2n) is 4.40. The van der Waals surface area contributed by atoms with Gasteiger partial charge < -0.3 is 16.4 Å². The Morgan fingerprint density at radius 2 is 1.90 bits per heavy atom. The summed E-state index contributed by atoms with van der Waals surface area (Å²) in [7, 11) is 0. The number of halogens is 1. The van der Waals surface area contributed by atoms with Gasteiger partial charge in [-0.05, 0) is 29.8 Å². The number of nitrogens with two attached hydrogens (primary N) is 2. The molecule has 1 aromatic heterocycles. The maximum atomic E-state index is 12.9. The van der Waals surface area contributed by atoms with Gasteiger partial charge in [0.15, 0.2) is 0 Å². The molecule has 0 aliphatic rings. The van der Waals surface area contributed by atoms with Crippen LogP contribution in [0.15, 0.2) is 42.6 Å². The summed E-state index contributed by atoms with van der Waals surface area (Å²) in [6.45, 7) is 0.435. The van der Waals surface area contributed by atoms with Crippen molar-refractivity contribution in [3.8, 4) is 0 Å². The highest BCUT2D eigenvalue weighted by Crippen LogP contribution is 2.15. The van der Waals surface area contributed by atoms with Crippen molar-refractivity contribution in [1.82, 2.24) is 4.98 Å². The third kappa shape index (κ3) is 3.68. The Balaban J connectivity index is 2.21. The van der Waals surface area contributed by atoms with Crippen molar-refractivity contribution in [2.75, 3.05) is 17.2 Å². The van der Waals surface area contributed by atoms with E-state index in [0.717, 1.165) is 11.8 Å². The summed E-state index contributed by atoms with van der Waals surface area (Å²) in [5.41, 5.74) is 12.5. The summed E-state index contributed by atoms with van der Waals surface area (Å²) in [6.07, 6.45) is 1.10. The molecule has 2 rings (SSSR count). The van der Waals surface area contributed by atoms with Crippen molar-refractivity contribution in [3.05, 3.63) is 54.0 Å². The van der Waals surface area contributed by atoms with Gasteiger partial charge in [0.25, 0.3) is 0 Å². The van der Waals surface area contributed by atoms with Gasteiger partial charge in [-0.3, -0.25) is 4.79 Å². The molecule has 20 heavy (non-hydrogen) atoms. The van der Waals surface area contributed by atoms with E-state index in [1.54, 1.807) is 17.0 Å². The number of nitrogens with zero attached hydrogens (tertiary/aromatic N) is 2. The fourth-order valence-electron chi connectivity index (χ4n) is 1.80. The monoisotopic (exact) mass is 274 g/mol. The van der Waals surface area contributed by atoms with E-state index >= 15 is 0 Å². The van der Waals surface area contributed by atoms with E-state index in [0.29, 0.717) is 18.1 Å². The highest BCUT2D eigenvalue weighted by atomic mass is 19.1. The van der Waals surface area contributed by atoms with Gasteiger partial charge >= 0.3 is 0 Å². The number of hydrogen-bond acceptors (Lipinski definition) is 4. The van der Waals surface area contributed by atoms with Crippen molar-refractivity contribution in [2.24, 2.45) is 5.73 Å². The average molecular weight is 274 g/mol. The maximum absolute atomic E-state index is 12.9. The minimum absolute atomic E-state index is 0.00298. The molecule has 0 atom stereocenters. The van der Waals surface area contributed by atoms with Crippen LogP contribution in [0.4, 0.5) is 15.9 Å². The molecule has 2 aromatic rings. The summed E-state index contributed by atoms with van der Waals surface area (Å²) in [6, 6.07) is 10.1. The maximum Gasteiger partial charge on any atom is 0.237 e. The molecule has 5 nitrogen and oxygen atoms in total.